The van der Waals surface area contributed by atoms with E-state index in [4.69, 9.17) is 25.8 Å². The fourth-order valence-electron chi connectivity index (χ4n) is 3.31. The minimum atomic E-state index is -1.09. The second kappa shape index (κ2) is 7.01. The molecule has 0 radical (unpaired) electrons. The molecule has 0 spiro atoms. The van der Waals surface area contributed by atoms with Gasteiger partial charge in [0.1, 0.15) is 0 Å². The van der Waals surface area contributed by atoms with Gasteiger partial charge in [0.05, 0.1) is 18.2 Å². The van der Waals surface area contributed by atoms with Crippen LogP contribution in [0, 0.1) is 11.8 Å². The van der Waals surface area contributed by atoms with Crippen LogP contribution in [0.5, 0.6) is 0 Å². The molecule has 0 aliphatic heterocycles. The molecule has 4 nitrogen and oxygen atoms in total. The predicted octanol–water partition coefficient (Wildman–Crippen LogP) is 2.94. The number of halogens is 1. The molecule has 0 heterocycles. The topological polar surface area (TPSA) is 47.9 Å². The molecular weight excluding hydrogens is 304 g/mol. The largest absolute Gasteiger partial charge is 0.494 e. The van der Waals surface area contributed by atoms with Crippen molar-refractivity contribution in [2.75, 3.05) is 21.3 Å². The first-order chi connectivity index (χ1) is 10.5. The minimum absolute atomic E-state index is 0.143. The van der Waals surface area contributed by atoms with E-state index in [1.807, 2.05) is 37.3 Å². The number of hydrogen-bond acceptors (Lipinski definition) is 4. The van der Waals surface area contributed by atoms with Gasteiger partial charge in [-0.25, -0.2) is 0 Å². The lowest BCUT2D eigenvalue weighted by molar-refractivity contribution is -0.250. The SMILES string of the molecule is COC1=C(Cl)C(O)C(Cc2ccccc2)C(C)C1(OC)OC. The van der Waals surface area contributed by atoms with E-state index in [1.165, 1.54) is 7.11 Å². The third-order valence-corrected chi connectivity index (χ3v) is 4.96. The summed E-state index contributed by atoms with van der Waals surface area (Å²) in [6.45, 7) is 1.98. The highest BCUT2D eigenvalue weighted by Gasteiger charge is 2.53. The molecule has 0 saturated carbocycles. The van der Waals surface area contributed by atoms with E-state index in [0.29, 0.717) is 12.2 Å². The summed E-state index contributed by atoms with van der Waals surface area (Å²) >= 11 is 6.35. The van der Waals surface area contributed by atoms with Crippen molar-refractivity contribution in [3.63, 3.8) is 0 Å². The van der Waals surface area contributed by atoms with Gasteiger partial charge in [-0.1, -0.05) is 48.9 Å². The first kappa shape index (κ1) is 17.3. The molecule has 2 rings (SSSR count). The summed E-state index contributed by atoms with van der Waals surface area (Å²) in [6, 6.07) is 9.99. The zero-order valence-corrected chi connectivity index (χ0v) is 14.1. The molecule has 122 valence electrons. The van der Waals surface area contributed by atoms with Crippen LogP contribution >= 0.6 is 11.6 Å². The Labute approximate surface area is 136 Å². The molecule has 22 heavy (non-hydrogen) atoms. The fourth-order valence-corrected chi connectivity index (χ4v) is 3.68. The van der Waals surface area contributed by atoms with Crippen molar-refractivity contribution < 1.29 is 19.3 Å². The molecular formula is C17H23ClO4. The zero-order chi connectivity index (χ0) is 16.3. The lowest BCUT2D eigenvalue weighted by Crippen LogP contribution is -2.53. The number of aliphatic hydroxyl groups is 1. The van der Waals surface area contributed by atoms with E-state index in [0.717, 1.165) is 5.56 Å². The second-order valence-corrected chi connectivity index (χ2v) is 5.95. The van der Waals surface area contributed by atoms with Crippen LogP contribution in [0.1, 0.15) is 12.5 Å². The van der Waals surface area contributed by atoms with Gasteiger partial charge in [-0.2, -0.15) is 0 Å². The van der Waals surface area contributed by atoms with Gasteiger partial charge in [-0.3, -0.25) is 0 Å². The van der Waals surface area contributed by atoms with E-state index in [-0.39, 0.29) is 16.9 Å². The predicted molar refractivity (Wildman–Crippen MR) is 85.4 cm³/mol. The number of hydrogen-bond donors (Lipinski definition) is 1. The van der Waals surface area contributed by atoms with E-state index in [2.05, 4.69) is 0 Å². The number of benzene rings is 1. The Morgan fingerprint density at radius 2 is 1.73 bits per heavy atom. The molecule has 1 aromatic carbocycles. The van der Waals surface area contributed by atoms with Crippen LogP contribution < -0.4 is 0 Å². The van der Waals surface area contributed by atoms with Gasteiger partial charge >= 0.3 is 0 Å². The molecule has 1 aromatic rings. The van der Waals surface area contributed by atoms with Gasteiger partial charge in [-0.05, 0) is 12.0 Å². The Bertz CT molecular complexity index is 525. The highest BCUT2D eigenvalue weighted by molar-refractivity contribution is 6.30. The monoisotopic (exact) mass is 326 g/mol. The van der Waals surface area contributed by atoms with Crippen molar-refractivity contribution in [1.29, 1.82) is 0 Å². The normalized spacial score (nSPS) is 27.8. The first-order valence-electron chi connectivity index (χ1n) is 7.28. The van der Waals surface area contributed by atoms with Crippen molar-refractivity contribution in [3.8, 4) is 0 Å². The minimum Gasteiger partial charge on any atom is -0.494 e. The van der Waals surface area contributed by atoms with Crippen molar-refractivity contribution in [3.05, 3.63) is 46.7 Å². The lowest BCUT2D eigenvalue weighted by atomic mass is 9.74. The molecule has 0 amide bonds. The Balaban J connectivity index is 2.42. The molecule has 3 atom stereocenters. The van der Waals surface area contributed by atoms with Crippen molar-refractivity contribution in [1.82, 2.24) is 0 Å². The van der Waals surface area contributed by atoms with Gasteiger partial charge < -0.3 is 19.3 Å². The third-order valence-electron chi connectivity index (χ3n) is 4.57. The number of ether oxygens (including phenoxy) is 3. The quantitative estimate of drug-likeness (QED) is 0.845. The van der Waals surface area contributed by atoms with Crippen LogP contribution in [0.15, 0.2) is 41.1 Å². The number of rotatable bonds is 5. The molecule has 1 N–H and O–H groups in total. The van der Waals surface area contributed by atoms with Gasteiger partial charge in [0, 0.05) is 26.1 Å². The summed E-state index contributed by atoms with van der Waals surface area (Å²) < 4.78 is 16.6. The van der Waals surface area contributed by atoms with Gasteiger partial charge in [0.25, 0.3) is 0 Å². The number of methoxy groups -OCH3 is 3. The second-order valence-electron chi connectivity index (χ2n) is 5.54. The van der Waals surface area contributed by atoms with Crippen LogP contribution in [0.2, 0.25) is 0 Å². The van der Waals surface area contributed by atoms with E-state index < -0.39 is 11.9 Å². The van der Waals surface area contributed by atoms with E-state index in [9.17, 15) is 5.11 Å². The van der Waals surface area contributed by atoms with E-state index in [1.54, 1.807) is 14.2 Å². The van der Waals surface area contributed by atoms with Crippen molar-refractivity contribution >= 4 is 11.6 Å². The van der Waals surface area contributed by atoms with Gasteiger partial charge in [-0.15, -0.1) is 0 Å². The van der Waals surface area contributed by atoms with Crippen molar-refractivity contribution in [2.45, 2.75) is 25.2 Å². The summed E-state index contributed by atoms with van der Waals surface area (Å²) in [6.07, 6.45) is -0.143. The van der Waals surface area contributed by atoms with Crippen LogP contribution in [0.3, 0.4) is 0 Å². The Morgan fingerprint density at radius 1 is 1.14 bits per heavy atom. The Kier molecular flexibility index (Phi) is 5.50. The van der Waals surface area contributed by atoms with Crippen LogP contribution in [-0.4, -0.2) is 38.3 Å². The van der Waals surface area contributed by atoms with Gasteiger partial charge in [0.15, 0.2) is 5.76 Å². The molecule has 0 fully saturated rings. The van der Waals surface area contributed by atoms with Crippen LogP contribution in [0.25, 0.3) is 0 Å². The highest BCUT2D eigenvalue weighted by Crippen LogP contribution is 2.46. The summed E-state index contributed by atoms with van der Waals surface area (Å²) in [5.41, 5.74) is 1.13. The molecule has 1 aliphatic rings. The number of aliphatic hydroxyl groups excluding tert-OH is 1. The van der Waals surface area contributed by atoms with Gasteiger partial charge in [0.2, 0.25) is 5.79 Å². The molecule has 5 heteroatoms. The van der Waals surface area contributed by atoms with Crippen molar-refractivity contribution in [2.24, 2.45) is 11.8 Å². The Hall–Kier alpha value is -1.07. The third kappa shape index (κ3) is 2.76. The highest BCUT2D eigenvalue weighted by atomic mass is 35.5. The first-order valence-corrected chi connectivity index (χ1v) is 7.66. The zero-order valence-electron chi connectivity index (χ0n) is 13.4. The maximum absolute atomic E-state index is 10.6. The lowest BCUT2D eigenvalue weighted by Gasteiger charge is -2.46. The standard InChI is InChI=1S/C17H23ClO4/c1-11-13(10-12-8-6-5-7-9-12)15(19)14(18)16(20-2)17(11,21-3)22-4/h5-9,11,13,15,19H,10H2,1-4H3. The maximum atomic E-state index is 10.6. The average molecular weight is 327 g/mol. The van der Waals surface area contributed by atoms with Crippen LogP contribution in [-0.2, 0) is 20.6 Å². The summed E-state index contributed by atoms with van der Waals surface area (Å²) in [5, 5.41) is 10.9. The van der Waals surface area contributed by atoms with E-state index >= 15 is 0 Å². The maximum Gasteiger partial charge on any atom is 0.231 e. The Morgan fingerprint density at radius 3 is 2.23 bits per heavy atom. The summed E-state index contributed by atoms with van der Waals surface area (Å²) in [7, 11) is 4.61. The molecule has 0 aromatic heterocycles. The molecule has 3 unspecified atom stereocenters. The summed E-state index contributed by atoms with van der Waals surface area (Å²) in [5.74, 6) is -1.04. The molecule has 1 aliphatic carbocycles. The average Bonchev–Trinajstić information content (AvgIpc) is 2.56. The molecule has 0 saturated heterocycles. The van der Waals surface area contributed by atoms with Crippen LogP contribution in [0.4, 0.5) is 0 Å². The molecule has 0 bridgehead atoms. The smallest absolute Gasteiger partial charge is 0.231 e. The summed E-state index contributed by atoms with van der Waals surface area (Å²) in [4.78, 5) is 0. The fraction of sp³-hybridized carbons (Fsp3) is 0.529.